The van der Waals surface area contributed by atoms with E-state index in [0.29, 0.717) is 32.6 Å². The lowest BCUT2D eigenvalue weighted by atomic mass is 9.73. The van der Waals surface area contributed by atoms with Crippen LogP contribution in [0.2, 0.25) is 0 Å². The number of aryl methyl sites for hydroxylation is 1. The molecule has 28 heavy (non-hydrogen) atoms. The summed E-state index contributed by atoms with van der Waals surface area (Å²) in [5.41, 5.74) is 2.29. The number of nitrogens with one attached hydrogen (secondary N) is 1. The van der Waals surface area contributed by atoms with Gasteiger partial charge in [-0.25, -0.2) is 9.37 Å². The maximum atomic E-state index is 13.3. The normalized spacial score (nSPS) is 16.2. The fourth-order valence-corrected chi connectivity index (χ4v) is 3.94. The molecule has 0 aliphatic carbocycles. The molecule has 0 saturated carbocycles. The predicted octanol–water partition coefficient (Wildman–Crippen LogP) is 3.43. The first-order valence-electron chi connectivity index (χ1n) is 9.71. The second-order valence-electron chi connectivity index (χ2n) is 7.24. The van der Waals surface area contributed by atoms with Crippen molar-refractivity contribution in [2.24, 2.45) is 0 Å². The Bertz CT molecular complexity index is 946. The van der Waals surface area contributed by atoms with Crippen molar-refractivity contribution in [1.82, 2.24) is 14.9 Å². The molecule has 146 valence electrons. The van der Waals surface area contributed by atoms with E-state index < -0.39 is 5.41 Å². The highest BCUT2D eigenvalue weighted by Crippen LogP contribution is 2.35. The SMILES string of the molecule is O=C(NCCCn1cnc2ccccc21)C1(c2ccc(F)cc2)CCOCC1. The maximum absolute atomic E-state index is 13.3. The number of carbonyl (C=O) groups is 1. The Balaban J connectivity index is 1.40. The van der Waals surface area contributed by atoms with Crippen LogP contribution in [0.1, 0.15) is 24.8 Å². The molecule has 1 saturated heterocycles. The van der Waals surface area contributed by atoms with Gasteiger partial charge in [0, 0.05) is 26.3 Å². The Morgan fingerprint density at radius 1 is 1.14 bits per heavy atom. The summed E-state index contributed by atoms with van der Waals surface area (Å²) in [6.07, 6.45) is 3.86. The van der Waals surface area contributed by atoms with Crippen LogP contribution in [0, 0.1) is 5.82 Å². The standard InChI is InChI=1S/C22H24FN3O2/c23-18-8-6-17(7-9-18)22(10-14-28-15-11-22)21(27)24-12-3-13-26-16-25-19-4-1-2-5-20(19)26/h1-2,4-9,16H,3,10-15H2,(H,24,27). The first-order valence-corrected chi connectivity index (χ1v) is 9.71. The predicted molar refractivity (Wildman–Crippen MR) is 105 cm³/mol. The molecule has 2 heterocycles. The van der Waals surface area contributed by atoms with Crippen molar-refractivity contribution in [3.63, 3.8) is 0 Å². The number of hydrogen-bond donors (Lipinski definition) is 1. The van der Waals surface area contributed by atoms with Crippen LogP contribution in [0.4, 0.5) is 4.39 Å². The van der Waals surface area contributed by atoms with Crippen molar-refractivity contribution in [1.29, 1.82) is 0 Å². The quantitative estimate of drug-likeness (QED) is 0.666. The van der Waals surface area contributed by atoms with Crippen LogP contribution in [-0.2, 0) is 21.5 Å². The molecule has 0 atom stereocenters. The zero-order valence-electron chi connectivity index (χ0n) is 15.7. The second-order valence-corrected chi connectivity index (χ2v) is 7.24. The number of carbonyl (C=O) groups excluding carboxylic acids is 1. The molecular weight excluding hydrogens is 357 g/mol. The largest absolute Gasteiger partial charge is 0.381 e. The monoisotopic (exact) mass is 381 g/mol. The number of fused-ring (bicyclic) bond motifs is 1. The maximum Gasteiger partial charge on any atom is 0.230 e. The van der Waals surface area contributed by atoms with Crippen molar-refractivity contribution in [2.75, 3.05) is 19.8 Å². The van der Waals surface area contributed by atoms with Gasteiger partial charge in [0.05, 0.1) is 22.8 Å². The topological polar surface area (TPSA) is 56.2 Å². The lowest BCUT2D eigenvalue weighted by Crippen LogP contribution is -2.48. The van der Waals surface area contributed by atoms with Gasteiger partial charge in [-0.2, -0.15) is 0 Å². The number of imidazole rings is 1. The Hall–Kier alpha value is -2.73. The van der Waals surface area contributed by atoms with Gasteiger partial charge in [-0.3, -0.25) is 4.79 Å². The number of ether oxygens (including phenoxy) is 1. The van der Waals surface area contributed by atoms with Gasteiger partial charge in [0.1, 0.15) is 5.82 Å². The second kappa shape index (κ2) is 8.10. The molecule has 1 aliphatic heterocycles. The Morgan fingerprint density at radius 3 is 2.68 bits per heavy atom. The molecule has 1 aromatic heterocycles. The van der Waals surface area contributed by atoms with Crippen LogP contribution < -0.4 is 5.32 Å². The first kappa shape index (κ1) is 18.6. The van der Waals surface area contributed by atoms with Gasteiger partial charge >= 0.3 is 0 Å². The Labute approximate surface area is 163 Å². The van der Waals surface area contributed by atoms with Crippen LogP contribution in [0.3, 0.4) is 0 Å². The number of hydrogen-bond acceptors (Lipinski definition) is 3. The summed E-state index contributed by atoms with van der Waals surface area (Å²) in [5.74, 6) is -0.295. The van der Waals surface area contributed by atoms with E-state index in [1.165, 1.54) is 12.1 Å². The van der Waals surface area contributed by atoms with Gasteiger partial charge in [0.25, 0.3) is 0 Å². The van der Waals surface area contributed by atoms with E-state index in [2.05, 4.69) is 14.9 Å². The van der Waals surface area contributed by atoms with E-state index in [-0.39, 0.29) is 11.7 Å². The summed E-state index contributed by atoms with van der Waals surface area (Å²) in [7, 11) is 0. The molecule has 0 radical (unpaired) electrons. The summed E-state index contributed by atoms with van der Waals surface area (Å²) >= 11 is 0. The lowest BCUT2D eigenvalue weighted by molar-refractivity contribution is -0.130. The zero-order chi connectivity index (χ0) is 19.4. The highest BCUT2D eigenvalue weighted by molar-refractivity contribution is 5.88. The molecule has 4 rings (SSSR count). The van der Waals surface area contributed by atoms with E-state index in [9.17, 15) is 9.18 Å². The molecule has 1 N–H and O–H groups in total. The number of amides is 1. The number of rotatable bonds is 6. The first-order chi connectivity index (χ1) is 13.7. The minimum Gasteiger partial charge on any atom is -0.381 e. The molecule has 6 heteroatoms. The molecule has 2 aromatic carbocycles. The van der Waals surface area contributed by atoms with Crippen LogP contribution in [-0.4, -0.2) is 35.2 Å². The van der Waals surface area contributed by atoms with Crippen molar-refractivity contribution >= 4 is 16.9 Å². The summed E-state index contributed by atoms with van der Waals surface area (Å²) in [6, 6.07) is 14.3. The zero-order valence-corrected chi connectivity index (χ0v) is 15.7. The van der Waals surface area contributed by atoms with E-state index in [4.69, 9.17) is 4.74 Å². The van der Waals surface area contributed by atoms with Gasteiger partial charge in [-0.1, -0.05) is 24.3 Å². The summed E-state index contributed by atoms with van der Waals surface area (Å²) in [5, 5.41) is 3.09. The fourth-order valence-electron chi connectivity index (χ4n) is 3.94. The third-order valence-corrected chi connectivity index (χ3v) is 5.57. The third kappa shape index (κ3) is 3.64. The van der Waals surface area contributed by atoms with Crippen LogP contribution in [0.5, 0.6) is 0 Å². The number of halogens is 1. The number of aromatic nitrogens is 2. The van der Waals surface area contributed by atoms with Gasteiger partial charge in [-0.05, 0) is 49.1 Å². The molecule has 1 fully saturated rings. The van der Waals surface area contributed by atoms with Crippen molar-refractivity contribution in [3.8, 4) is 0 Å². The van der Waals surface area contributed by atoms with Crippen LogP contribution in [0.25, 0.3) is 11.0 Å². The highest BCUT2D eigenvalue weighted by atomic mass is 19.1. The molecule has 5 nitrogen and oxygen atoms in total. The summed E-state index contributed by atoms with van der Waals surface area (Å²) in [6.45, 7) is 2.43. The summed E-state index contributed by atoms with van der Waals surface area (Å²) in [4.78, 5) is 17.5. The lowest BCUT2D eigenvalue weighted by Gasteiger charge is -2.36. The van der Waals surface area contributed by atoms with E-state index in [1.54, 1.807) is 12.1 Å². The van der Waals surface area contributed by atoms with E-state index >= 15 is 0 Å². The molecular formula is C22H24FN3O2. The molecule has 1 aliphatic rings. The van der Waals surface area contributed by atoms with Gasteiger partial charge < -0.3 is 14.6 Å². The average molecular weight is 381 g/mol. The molecule has 1 amide bonds. The number of benzene rings is 2. The highest BCUT2D eigenvalue weighted by Gasteiger charge is 2.41. The average Bonchev–Trinajstić information content (AvgIpc) is 3.15. The van der Waals surface area contributed by atoms with Gasteiger partial charge in [0.15, 0.2) is 0 Å². The van der Waals surface area contributed by atoms with Crippen LogP contribution >= 0.6 is 0 Å². The van der Waals surface area contributed by atoms with Gasteiger partial charge in [0.2, 0.25) is 5.91 Å². The molecule has 0 bridgehead atoms. The summed E-state index contributed by atoms with van der Waals surface area (Å²) < 4.78 is 20.9. The van der Waals surface area contributed by atoms with Crippen molar-refractivity contribution in [2.45, 2.75) is 31.2 Å². The van der Waals surface area contributed by atoms with Gasteiger partial charge in [-0.15, -0.1) is 0 Å². The minimum absolute atomic E-state index is 0.00195. The van der Waals surface area contributed by atoms with Crippen molar-refractivity contribution < 1.29 is 13.9 Å². The molecule has 3 aromatic rings. The smallest absolute Gasteiger partial charge is 0.230 e. The Kier molecular flexibility index (Phi) is 5.39. The minimum atomic E-state index is -0.645. The third-order valence-electron chi connectivity index (χ3n) is 5.57. The number of nitrogens with zero attached hydrogens (tertiary/aromatic N) is 2. The van der Waals surface area contributed by atoms with E-state index in [0.717, 1.165) is 29.6 Å². The van der Waals surface area contributed by atoms with E-state index in [1.807, 2.05) is 30.6 Å². The molecule has 0 spiro atoms. The fraction of sp³-hybridized carbons (Fsp3) is 0.364. The van der Waals surface area contributed by atoms with Crippen LogP contribution in [0.15, 0.2) is 54.9 Å². The van der Waals surface area contributed by atoms with Crippen molar-refractivity contribution in [3.05, 3.63) is 66.2 Å². The molecule has 0 unspecified atom stereocenters. The Morgan fingerprint density at radius 2 is 1.89 bits per heavy atom. The number of para-hydroxylation sites is 2.